The van der Waals surface area contributed by atoms with Crippen LogP contribution in [-0.2, 0) is 4.74 Å². The molecule has 0 spiro atoms. The van der Waals surface area contributed by atoms with E-state index in [0.29, 0.717) is 4.83 Å². The van der Waals surface area contributed by atoms with Crippen LogP contribution in [-0.4, -0.2) is 43.1 Å². The molecule has 1 aliphatic rings. The van der Waals surface area contributed by atoms with Gasteiger partial charge in [0.2, 0.25) is 0 Å². The second-order valence-corrected chi connectivity index (χ2v) is 5.62. The van der Waals surface area contributed by atoms with Crippen molar-refractivity contribution >= 4 is 15.9 Å². The van der Waals surface area contributed by atoms with Gasteiger partial charge in [0.1, 0.15) is 0 Å². The molecule has 2 nitrogen and oxygen atoms in total. The molecule has 1 heterocycles. The fourth-order valence-corrected chi connectivity index (χ4v) is 2.37. The van der Waals surface area contributed by atoms with Crippen molar-refractivity contribution in [3.05, 3.63) is 0 Å². The number of ether oxygens (including phenoxy) is 1. The maximum atomic E-state index is 5.33. The van der Waals surface area contributed by atoms with Crippen LogP contribution >= 0.6 is 15.9 Å². The number of alkyl halides is 1. The number of hydrogen-bond acceptors (Lipinski definition) is 2. The molecular weight excluding hydrogens is 230 g/mol. The molecule has 0 amide bonds. The third-order valence-corrected chi connectivity index (χ3v) is 2.76. The first kappa shape index (κ1) is 11.5. The van der Waals surface area contributed by atoms with E-state index in [1.54, 1.807) is 0 Å². The summed E-state index contributed by atoms with van der Waals surface area (Å²) in [4.78, 5) is 3.01. The molecule has 0 N–H and O–H groups in total. The van der Waals surface area contributed by atoms with E-state index >= 15 is 0 Å². The molecule has 1 atom stereocenters. The van der Waals surface area contributed by atoms with Crippen LogP contribution in [0.4, 0.5) is 0 Å². The van der Waals surface area contributed by atoms with Crippen LogP contribution in [0.15, 0.2) is 0 Å². The molecule has 0 saturated carbocycles. The average molecular weight is 250 g/mol. The van der Waals surface area contributed by atoms with Gasteiger partial charge in [-0.05, 0) is 25.8 Å². The van der Waals surface area contributed by atoms with Gasteiger partial charge in [0.05, 0.1) is 0 Å². The number of hydrogen-bond donors (Lipinski definition) is 0. The zero-order chi connectivity index (χ0) is 9.68. The Morgan fingerprint density at radius 3 is 2.62 bits per heavy atom. The van der Waals surface area contributed by atoms with Gasteiger partial charge in [0, 0.05) is 31.1 Å². The molecule has 1 aliphatic heterocycles. The number of nitrogens with zero attached hydrogens (tertiary/aromatic N) is 1. The smallest absolute Gasteiger partial charge is 0.0469 e. The van der Waals surface area contributed by atoms with Crippen molar-refractivity contribution in [3.63, 3.8) is 0 Å². The lowest BCUT2D eigenvalue weighted by Crippen LogP contribution is -2.32. The van der Waals surface area contributed by atoms with E-state index in [4.69, 9.17) is 4.74 Å². The second-order valence-electron chi connectivity index (χ2n) is 4.06. The molecule has 0 radical (unpaired) electrons. The first-order chi connectivity index (χ1) is 6.18. The van der Waals surface area contributed by atoms with Gasteiger partial charge in [0.15, 0.2) is 0 Å². The first-order valence-corrected chi connectivity index (χ1v) is 6.00. The van der Waals surface area contributed by atoms with Crippen molar-refractivity contribution in [1.82, 2.24) is 4.90 Å². The van der Waals surface area contributed by atoms with E-state index in [1.807, 2.05) is 0 Å². The minimum Gasteiger partial charge on any atom is -0.381 e. The molecule has 0 aromatic rings. The van der Waals surface area contributed by atoms with Crippen LogP contribution in [0.25, 0.3) is 0 Å². The van der Waals surface area contributed by atoms with Crippen LogP contribution in [0.3, 0.4) is 0 Å². The summed E-state index contributed by atoms with van der Waals surface area (Å²) in [5.41, 5.74) is 0. The zero-order valence-corrected chi connectivity index (χ0v) is 10.2. The third kappa shape index (κ3) is 4.99. The van der Waals surface area contributed by atoms with Gasteiger partial charge in [-0.3, -0.25) is 0 Å². The topological polar surface area (TPSA) is 12.5 Å². The molecular formula is C10H20BrNO. The fourth-order valence-electron chi connectivity index (χ4n) is 1.87. The Bertz CT molecular complexity index is 135. The lowest BCUT2D eigenvalue weighted by Gasteiger charge is -2.27. The molecule has 0 aromatic heterocycles. The molecule has 1 saturated heterocycles. The molecule has 0 bridgehead atoms. The van der Waals surface area contributed by atoms with Crippen molar-refractivity contribution in [2.45, 2.75) is 24.6 Å². The summed E-state index contributed by atoms with van der Waals surface area (Å²) in [6.45, 7) is 6.47. The normalized spacial score (nSPS) is 22.2. The maximum Gasteiger partial charge on any atom is 0.0469 e. The van der Waals surface area contributed by atoms with Crippen LogP contribution in [0.1, 0.15) is 19.8 Å². The lowest BCUT2D eigenvalue weighted by molar-refractivity contribution is 0.0559. The summed E-state index contributed by atoms with van der Waals surface area (Å²) in [6.07, 6.45) is 2.47. The van der Waals surface area contributed by atoms with Gasteiger partial charge in [-0.15, -0.1) is 0 Å². The molecule has 1 unspecified atom stereocenters. The summed E-state index contributed by atoms with van der Waals surface area (Å²) in [5.74, 6) is 0.852. The minimum absolute atomic E-state index is 0.595. The largest absolute Gasteiger partial charge is 0.381 e. The van der Waals surface area contributed by atoms with Crippen molar-refractivity contribution in [2.24, 2.45) is 5.92 Å². The van der Waals surface area contributed by atoms with Gasteiger partial charge in [-0.1, -0.05) is 22.9 Å². The Morgan fingerprint density at radius 2 is 2.08 bits per heavy atom. The molecule has 13 heavy (non-hydrogen) atoms. The summed E-state index contributed by atoms with van der Waals surface area (Å²) in [6, 6.07) is 0. The van der Waals surface area contributed by atoms with E-state index in [2.05, 4.69) is 34.8 Å². The highest BCUT2D eigenvalue weighted by atomic mass is 79.9. The predicted molar refractivity (Wildman–Crippen MR) is 59.4 cm³/mol. The predicted octanol–water partition coefficient (Wildman–Crippen LogP) is 2.13. The molecule has 78 valence electrons. The highest BCUT2D eigenvalue weighted by molar-refractivity contribution is 9.09. The van der Waals surface area contributed by atoms with Gasteiger partial charge >= 0.3 is 0 Å². The van der Waals surface area contributed by atoms with Crippen LogP contribution in [0.2, 0.25) is 0 Å². The summed E-state index contributed by atoms with van der Waals surface area (Å²) < 4.78 is 5.33. The van der Waals surface area contributed by atoms with Crippen LogP contribution < -0.4 is 0 Å². The number of halogens is 1. The van der Waals surface area contributed by atoms with E-state index in [0.717, 1.165) is 25.7 Å². The summed E-state index contributed by atoms with van der Waals surface area (Å²) in [7, 11) is 2.20. The minimum atomic E-state index is 0.595. The van der Waals surface area contributed by atoms with E-state index in [-0.39, 0.29) is 0 Å². The Labute approximate surface area is 89.8 Å². The van der Waals surface area contributed by atoms with Crippen LogP contribution in [0, 0.1) is 5.92 Å². The van der Waals surface area contributed by atoms with Crippen molar-refractivity contribution < 1.29 is 4.74 Å². The molecule has 1 fully saturated rings. The van der Waals surface area contributed by atoms with Crippen molar-refractivity contribution in [2.75, 3.05) is 33.4 Å². The van der Waals surface area contributed by atoms with Gasteiger partial charge in [-0.25, -0.2) is 0 Å². The first-order valence-electron chi connectivity index (χ1n) is 5.09. The van der Waals surface area contributed by atoms with Gasteiger partial charge < -0.3 is 9.64 Å². The Balaban J connectivity index is 2.14. The highest BCUT2D eigenvalue weighted by Crippen LogP contribution is 2.15. The monoisotopic (exact) mass is 249 g/mol. The van der Waals surface area contributed by atoms with Crippen LogP contribution in [0.5, 0.6) is 0 Å². The van der Waals surface area contributed by atoms with Crippen molar-refractivity contribution in [3.8, 4) is 0 Å². The molecule has 1 rings (SSSR count). The number of rotatable bonds is 4. The van der Waals surface area contributed by atoms with E-state index in [9.17, 15) is 0 Å². The average Bonchev–Trinajstić information content (AvgIpc) is 2.04. The lowest BCUT2D eigenvalue weighted by atomic mass is 10.00. The van der Waals surface area contributed by atoms with E-state index < -0.39 is 0 Å². The third-order valence-electron chi connectivity index (χ3n) is 2.47. The molecule has 0 aliphatic carbocycles. The quantitative estimate of drug-likeness (QED) is 0.709. The van der Waals surface area contributed by atoms with Gasteiger partial charge in [-0.2, -0.15) is 0 Å². The fraction of sp³-hybridized carbons (Fsp3) is 1.00. The standard InChI is InChI=1S/C10H20BrNO/c1-9(11)7-12(2)8-10-3-5-13-6-4-10/h9-10H,3-8H2,1-2H3. The summed E-state index contributed by atoms with van der Waals surface area (Å²) in [5, 5.41) is 0. The SMILES string of the molecule is CC(Br)CN(C)CC1CCOCC1. The van der Waals surface area contributed by atoms with E-state index in [1.165, 1.54) is 19.4 Å². The van der Waals surface area contributed by atoms with Gasteiger partial charge in [0.25, 0.3) is 0 Å². The Morgan fingerprint density at radius 1 is 1.46 bits per heavy atom. The molecule has 0 aromatic carbocycles. The highest BCUT2D eigenvalue weighted by Gasteiger charge is 2.15. The zero-order valence-electron chi connectivity index (χ0n) is 8.63. The Hall–Kier alpha value is 0.400. The second kappa shape index (κ2) is 5.99. The van der Waals surface area contributed by atoms with Crippen molar-refractivity contribution in [1.29, 1.82) is 0 Å². The maximum absolute atomic E-state index is 5.33. The molecule has 3 heteroatoms. The summed E-state index contributed by atoms with van der Waals surface area (Å²) >= 11 is 3.57. The Kier molecular flexibility index (Phi) is 5.29.